The molecule has 0 heterocycles. The highest BCUT2D eigenvalue weighted by atomic mass is 32.2. The minimum absolute atomic E-state index is 1.09. The Morgan fingerprint density at radius 3 is 2.45 bits per heavy atom. The molecule has 0 spiro atoms. The fourth-order valence-electron chi connectivity index (χ4n) is 2.05. The summed E-state index contributed by atoms with van der Waals surface area (Å²) < 4.78 is 0. The first kappa shape index (κ1) is 19.7. The third-order valence-electron chi connectivity index (χ3n) is 3.68. The second kappa shape index (κ2) is 12.1. The first-order valence-corrected chi connectivity index (χ1v) is 10.4. The van der Waals surface area contributed by atoms with Crippen LogP contribution in [0.5, 0.6) is 0 Å². The number of benzene rings is 1. The number of nitrogens with zero attached hydrogens (tertiary/aromatic N) is 1. The lowest BCUT2D eigenvalue weighted by Gasteiger charge is -2.18. The third kappa shape index (κ3) is 8.92. The molecule has 0 bridgehead atoms. The van der Waals surface area contributed by atoms with Crippen molar-refractivity contribution in [1.82, 2.24) is 4.90 Å². The molecule has 0 radical (unpaired) electrons. The normalized spacial score (nSPS) is 12.6. The van der Waals surface area contributed by atoms with E-state index in [1.807, 2.05) is 11.8 Å². The predicted molar refractivity (Wildman–Crippen MR) is 105 cm³/mol. The van der Waals surface area contributed by atoms with E-state index in [9.17, 15) is 0 Å². The lowest BCUT2D eigenvalue weighted by Crippen LogP contribution is -2.23. The molecule has 0 saturated carbocycles. The van der Waals surface area contributed by atoms with E-state index < -0.39 is 0 Å². The SMILES string of the molecule is CCCCSC/C(C)=C(\C)CN(C)CCSc1ccccc1. The summed E-state index contributed by atoms with van der Waals surface area (Å²) in [7, 11) is 2.23. The summed E-state index contributed by atoms with van der Waals surface area (Å²) in [5, 5.41) is 0. The highest BCUT2D eigenvalue weighted by molar-refractivity contribution is 7.99. The molecule has 0 unspecified atom stereocenters. The average molecular weight is 338 g/mol. The maximum absolute atomic E-state index is 2.44. The predicted octanol–water partition coefficient (Wildman–Crippen LogP) is 5.58. The van der Waals surface area contributed by atoms with Crippen LogP contribution in [0.3, 0.4) is 0 Å². The van der Waals surface area contributed by atoms with Crippen LogP contribution >= 0.6 is 23.5 Å². The Morgan fingerprint density at radius 1 is 1.05 bits per heavy atom. The molecule has 1 nitrogen and oxygen atoms in total. The number of rotatable bonds is 11. The Kier molecular flexibility index (Phi) is 10.8. The van der Waals surface area contributed by atoms with E-state index in [0.29, 0.717) is 0 Å². The molecule has 3 heteroatoms. The van der Waals surface area contributed by atoms with Crippen LogP contribution in [-0.4, -0.2) is 42.3 Å². The average Bonchev–Trinajstić information content (AvgIpc) is 2.52. The van der Waals surface area contributed by atoms with Crippen molar-refractivity contribution in [3.8, 4) is 0 Å². The molecule has 0 aliphatic rings. The third-order valence-corrected chi connectivity index (χ3v) is 5.89. The van der Waals surface area contributed by atoms with Crippen molar-refractivity contribution in [3.05, 3.63) is 41.5 Å². The van der Waals surface area contributed by atoms with Crippen molar-refractivity contribution in [3.63, 3.8) is 0 Å². The number of hydrogen-bond donors (Lipinski definition) is 0. The molecule has 0 aromatic heterocycles. The van der Waals surface area contributed by atoms with E-state index in [2.05, 4.69) is 74.8 Å². The fourth-order valence-corrected chi connectivity index (χ4v) is 4.23. The number of unbranched alkanes of at least 4 members (excludes halogenated alkanes) is 1. The van der Waals surface area contributed by atoms with Crippen molar-refractivity contribution >= 4 is 23.5 Å². The van der Waals surface area contributed by atoms with Crippen molar-refractivity contribution < 1.29 is 0 Å². The molecule has 0 atom stereocenters. The smallest absolute Gasteiger partial charge is 0.0190 e. The first-order valence-electron chi connectivity index (χ1n) is 8.22. The molecule has 1 aromatic rings. The Morgan fingerprint density at radius 2 is 1.77 bits per heavy atom. The van der Waals surface area contributed by atoms with Gasteiger partial charge in [0.2, 0.25) is 0 Å². The second-order valence-electron chi connectivity index (χ2n) is 5.87. The summed E-state index contributed by atoms with van der Waals surface area (Å²) in [6.07, 6.45) is 2.64. The van der Waals surface area contributed by atoms with Crippen molar-refractivity contribution in [2.75, 3.05) is 37.4 Å². The summed E-state index contributed by atoms with van der Waals surface area (Å²) in [5.41, 5.74) is 3.10. The van der Waals surface area contributed by atoms with Gasteiger partial charge in [-0.3, -0.25) is 0 Å². The minimum Gasteiger partial charge on any atom is -0.302 e. The molecule has 0 aliphatic carbocycles. The molecule has 124 valence electrons. The van der Waals surface area contributed by atoms with Gasteiger partial charge >= 0.3 is 0 Å². The Labute approximate surface area is 145 Å². The van der Waals surface area contributed by atoms with Crippen molar-refractivity contribution in [2.45, 2.75) is 38.5 Å². The molecule has 1 rings (SSSR count). The Balaban J connectivity index is 2.23. The molecular formula is C19H31NS2. The van der Waals surface area contributed by atoms with Crippen LogP contribution in [-0.2, 0) is 0 Å². The van der Waals surface area contributed by atoms with Gasteiger partial charge in [0.15, 0.2) is 0 Å². The van der Waals surface area contributed by atoms with E-state index in [4.69, 9.17) is 0 Å². The molecule has 1 aromatic carbocycles. The van der Waals surface area contributed by atoms with Gasteiger partial charge in [-0.05, 0) is 45.2 Å². The van der Waals surface area contributed by atoms with E-state index >= 15 is 0 Å². The quantitative estimate of drug-likeness (QED) is 0.295. The van der Waals surface area contributed by atoms with Gasteiger partial charge in [-0.25, -0.2) is 0 Å². The van der Waals surface area contributed by atoms with Gasteiger partial charge < -0.3 is 4.90 Å². The zero-order valence-corrected chi connectivity index (χ0v) is 16.2. The molecule has 0 saturated heterocycles. The zero-order valence-electron chi connectivity index (χ0n) is 14.6. The van der Waals surface area contributed by atoms with Gasteiger partial charge in [-0.2, -0.15) is 11.8 Å². The summed E-state index contributed by atoms with van der Waals surface area (Å²) in [6.45, 7) is 9.07. The maximum atomic E-state index is 2.44. The van der Waals surface area contributed by atoms with E-state index in [1.54, 1.807) is 5.57 Å². The van der Waals surface area contributed by atoms with Crippen LogP contribution in [0.25, 0.3) is 0 Å². The van der Waals surface area contributed by atoms with Crippen LogP contribution in [0.2, 0.25) is 0 Å². The molecule has 0 fully saturated rings. The van der Waals surface area contributed by atoms with Crippen molar-refractivity contribution in [1.29, 1.82) is 0 Å². The van der Waals surface area contributed by atoms with Gasteiger partial charge in [-0.1, -0.05) is 42.7 Å². The van der Waals surface area contributed by atoms with Gasteiger partial charge in [0, 0.05) is 29.5 Å². The van der Waals surface area contributed by atoms with Crippen molar-refractivity contribution in [2.24, 2.45) is 0 Å². The maximum Gasteiger partial charge on any atom is 0.0190 e. The molecule has 0 amide bonds. The van der Waals surface area contributed by atoms with Crippen LogP contribution in [0.15, 0.2) is 46.4 Å². The highest BCUT2D eigenvalue weighted by Gasteiger charge is 2.03. The summed E-state index contributed by atoms with van der Waals surface area (Å²) in [5.74, 6) is 3.64. The van der Waals surface area contributed by atoms with E-state index in [0.717, 1.165) is 18.8 Å². The standard InChI is InChI=1S/C19H31NS2/c1-5-6-13-21-16-18(3)17(2)15-20(4)12-14-22-19-10-8-7-9-11-19/h7-11H,5-6,12-16H2,1-4H3/b18-17+. The second-order valence-corrected chi connectivity index (χ2v) is 8.14. The number of thioether (sulfide) groups is 2. The first-order chi connectivity index (χ1) is 10.6. The minimum atomic E-state index is 1.09. The lowest BCUT2D eigenvalue weighted by molar-refractivity contribution is 0.385. The number of likely N-dealkylation sites (N-methyl/N-ethyl adjacent to an activating group) is 1. The van der Waals surface area contributed by atoms with Crippen LogP contribution in [0, 0.1) is 0 Å². The van der Waals surface area contributed by atoms with Crippen LogP contribution < -0.4 is 0 Å². The monoisotopic (exact) mass is 337 g/mol. The molecule has 0 N–H and O–H groups in total. The molecular weight excluding hydrogens is 306 g/mol. The molecule has 22 heavy (non-hydrogen) atoms. The van der Waals surface area contributed by atoms with Crippen LogP contribution in [0.4, 0.5) is 0 Å². The highest BCUT2D eigenvalue weighted by Crippen LogP contribution is 2.17. The number of hydrogen-bond acceptors (Lipinski definition) is 3. The van der Waals surface area contributed by atoms with E-state index in [-0.39, 0.29) is 0 Å². The van der Waals surface area contributed by atoms with Gasteiger partial charge in [0.1, 0.15) is 0 Å². The summed E-state index contributed by atoms with van der Waals surface area (Å²) in [4.78, 5) is 3.80. The Hall–Kier alpha value is -0.380. The van der Waals surface area contributed by atoms with E-state index in [1.165, 1.54) is 34.8 Å². The Bertz CT molecular complexity index is 428. The lowest BCUT2D eigenvalue weighted by atomic mass is 10.1. The zero-order chi connectivity index (χ0) is 16.2. The summed E-state index contributed by atoms with van der Waals surface area (Å²) in [6, 6.07) is 10.7. The van der Waals surface area contributed by atoms with Gasteiger partial charge in [-0.15, -0.1) is 11.8 Å². The fraction of sp³-hybridized carbons (Fsp3) is 0.579. The van der Waals surface area contributed by atoms with Gasteiger partial charge in [0.25, 0.3) is 0 Å². The molecule has 0 aliphatic heterocycles. The topological polar surface area (TPSA) is 3.24 Å². The van der Waals surface area contributed by atoms with Gasteiger partial charge in [0.05, 0.1) is 0 Å². The largest absolute Gasteiger partial charge is 0.302 e. The van der Waals surface area contributed by atoms with Crippen LogP contribution in [0.1, 0.15) is 33.6 Å². The summed E-state index contributed by atoms with van der Waals surface area (Å²) >= 11 is 4.02.